The summed E-state index contributed by atoms with van der Waals surface area (Å²) in [6.07, 6.45) is 3.29. The Morgan fingerprint density at radius 3 is 2.70 bits per heavy atom. The number of carbonyl (C=O) groups excluding carboxylic acids is 1. The molecule has 2 aromatic rings. The van der Waals surface area contributed by atoms with Crippen molar-refractivity contribution in [2.24, 2.45) is 0 Å². The molecule has 0 bridgehead atoms. The Bertz CT molecular complexity index is 578. The fourth-order valence-corrected chi connectivity index (χ4v) is 1.62. The number of aliphatic hydroxyl groups excluding tert-OH is 1. The lowest BCUT2D eigenvalue weighted by molar-refractivity contribution is 0.187. The fraction of sp³-hybridized carbons (Fsp3) is 0.286. The maximum atomic E-state index is 11.8. The Balaban J connectivity index is 2.02. The van der Waals surface area contributed by atoms with Crippen LogP contribution in [0.3, 0.4) is 0 Å². The lowest BCUT2D eigenvalue weighted by Gasteiger charge is -2.23. The lowest BCUT2D eigenvalue weighted by atomic mass is 10.1. The Hall–Kier alpha value is -2.34. The van der Waals surface area contributed by atoms with Crippen LogP contribution < -0.4 is 10.6 Å². The normalized spacial score (nSPS) is 11.2. The van der Waals surface area contributed by atoms with E-state index >= 15 is 0 Å². The maximum absolute atomic E-state index is 11.8. The summed E-state index contributed by atoms with van der Waals surface area (Å²) >= 11 is 0. The van der Waals surface area contributed by atoms with Gasteiger partial charge in [-0.2, -0.15) is 5.10 Å². The number of anilines is 1. The molecule has 0 unspecified atom stereocenters. The third kappa shape index (κ3) is 3.58. The SMILES string of the molecule is CC(C)(CO)NC(=O)Nc1cnn(-c2ccccc2)c1. The van der Waals surface area contributed by atoms with Gasteiger partial charge in [0, 0.05) is 0 Å². The van der Waals surface area contributed by atoms with Gasteiger partial charge in [0.25, 0.3) is 0 Å². The summed E-state index contributed by atoms with van der Waals surface area (Å²) in [6, 6.07) is 9.23. The van der Waals surface area contributed by atoms with Gasteiger partial charge in [-0.25, -0.2) is 9.48 Å². The number of hydrogen-bond acceptors (Lipinski definition) is 3. The van der Waals surface area contributed by atoms with Crippen LogP contribution >= 0.6 is 0 Å². The number of hydrogen-bond donors (Lipinski definition) is 3. The minimum Gasteiger partial charge on any atom is -0.394 e. The second kappa shape index (κ2) is 5.75. The van der Waals surface area contributed by atoms with Gasteiger partial charge in [-0.3, -0.25) is 0 Å². The second-order valence-electron chi connectivity index (χ2n) is 5.13. The van der Waals surface area contributed by atoms with E-state index in [1.807, 2.05) is 30.3 Å². The van der Waals surface area contributed by atoms with Crippen molar-refractivity contribution in [3.05, 3.63) is 42.7 Å². The molecule has 0 fully saturated rings. The Morgan fingerprint density at radius 1 is 1.35 bits per heavy atom. The number of urea groups is 1. The quantitative estimate of drug-likeness (QED) is 0.795. The summed E-state index contributed by atoms with van der Waals surface area (Å²) in [5, 5.41) is 18.6. The molecular formula is C14H18N4O2. The molecule has 6 nitrogen and oxygen atoms in total. The van der Waals surface area contributed by atoms with Gasteiger partial charge in [0.2, 0.25) is 0 Å². The van der Waals surface area contributed by atoms with E-state index in [9.17, 15) is 4.79 Å². The zero-order valence-electron chi connectivity index (χ0n) is 11.5. The molecule has 106 valence electrons. The van der Waals surface area contributed by atoms with Crippen molar-refractivity contribution >= 4 is 11.7 Å². The van der Waals surface area contributed by atoms with E-state index in [0.717, 1.165) is 5.69 Å². The van der Waals surface area contributed by atoms with Crippen LogP contribution in [-0.2, 0) is 0 Å². The first-order valence-electron chi connectivity index (χ1n) is 6.30. The molecule has 0 saturated heterocycles. The molecule has 0 radical (unpaired) electrons. The molecule has 0 aliphatic carbocycles. The number of aliphatic hydroxyl groups is 1. The monoisotopic (exact) mass is 274 g/mol. The summed E-state index contributed by atoms with van der Waals surface area (Å²) in [7, 11) is 0. The molecule has 2 rings (SSSR count). The molecule has 0 saturated carbocycles. The minimum atomic E-state index is -0.667. The molecule has 2 amide bonds. The first-order valence-corrected chi connectivity index (χ1v) is 6.30. The van der Waals surface area contributed by atoms with Gasteiger partial charge in [0.05, 0.1) is 35.9 Å². The van der Waals surface area contributed by atoms with Crippen LogP contribution in [0.1, 0.15) is 13.8 Å². The molecule has 3 N–H and O–H groups in total. The lowest BCUT2D eigenvalue weighted by Crippen LogP contribution is -2.48. The van der Waals surface area contributed by atoms with Gasteiger partial charge in [0.15, 0.2) is 0 Å². The van der Waals surface area contributed by atoms with Gasteiger partial charge < -0.3 is 15.7 Å². The number of amides is 2. The predicted octanol–water partition coefficient (Wildman–Crippen LogP) is 1.76. The topological polar surface area (TPSA) is 79.2 Å². The van der Waals surface area contributed by atoms with Gasteiger partial charge in [-0.05, 0) is 26.0 Å². The number of benzene rings is 1. The van der Waals surface area contributed by atoms with Crippen molar-refractivity contribution in [1.29, 1.82) is 0 Å². The molecule has 1 heterocycles. The van der Waals surface area contributed by atoms with E-state index in [0.29, 0.717) is 5.69 Å². The predicted molar refractivity (Wildman–Crippen MR) is 76.9 cm³/mol. The highest BCUT2D eigenvalue weighted by Crippen LogP contribution is 2.11. The zero-order chi connectivity index (χ0) is 14.6. The zero-order valence-corrected chi connectivity index (χ0v) is 11.5. The summed E-state index contributed by atoms with van der Waals surface area (Å²) < 4.78 is 1.67. The molecular weight excluding hydrogens is 256 g/mol. The van der Waals surface area contributed by atoms with Gasteiger partial charge >= 0.3 is 6.03 Å². The summed E-state index contributed by atoms with van der Waals surface area (Å²) in [4.78, 5) is 11.8. The highest BCUT2D eigenvalue weighted by Gasteiger charge is 2.19. The van der Waals surface area contributed by atoms with Gasteiger partial charge in [-0.1, -0.05) is 18.2 Å². The number of rotatable bonds is 4. The second-order valence-corrected chi connectivity index (χ2v) is 5.13. The highest BCUT2D eigenvalue weighted by molar-refractivity contribution is 5.89. The molecule has 0 aliphatic heterocycles. The molecule has 0 atom stereocenters. The van der Waals surface area contributed by atoms with E-state index in [-0.39, 0.29) is 12.6 Å². The average Bonchev–Trinajstić information content (AvgIpc) is 2.87. The van der Waals surface area contributed by atoms with Gasteiger partial charge in [0.1, 0.15) is 0 Å². The van der Waals surface area contributed by atoms with Gasteiger partial charge in [-0.15, -0.1) is 0 Å². The Labute approximate surface area is 117 Å². The molecule has 20 heavy (non-hydrogen) atoms. The summed E-state index contributed by atoms with van der Waals surface area (Å²) in [6.45, 7) is 3.34. The molecule has 0 aliphatic rings. The maximum Gasteiger partial charge on any atom is 0.319 e. The van der Waals surface area contributed by atoms with Crippen molar-refractivity contribution < 1.29 is 9.90 Å². The van der Waals surface area contributed by atoms with Crippen LogP contribution in [0.15, 0.2) is 42.7 Å². The summed E-state index contributed by atoms with van der Waals surface area (Å²) in [5.74, 6) is 0. The first kappa shape index (κ1) is 14.1. The fourth-order valence-electron chi connectivity index (χ4n) is 1.62. The van der Waals surface area contributed by atoms with Crippen molar-refractivity contribution in [2.45, 2.75) is 19.4 Å². The molecule has 0 spiro atoms. The Kier molecular flexibility index (Phi) is 4.05. The van der Waals surface area contributed by atoms with E-state index in [2.05, 4.69) is 15.7 Å². The van der Waals surface area contributed by atoms with Crippen LogP contribution in [0.4, 0.5) is 10.5 Å². The van der Waals surface area contributed by atoms with Crippen molar-refractivity contribution in [3.8, 4) is 5.69 Å². The van der Waals surface area contributed by atoms with E-state index in [4.69, 9.17) is 5.11 Å². The number of nitrogens with one attached hydrogen (secondary N) is 2. The van der Waals surface area contributed by atoms with Crippen molar-refractivity contribution in [1.82, 2.24) is 15.1 Å². The van der Waals surface area contributed by atoms with Crippen LogP contribution in [-0.4, -0.2) is 33.1 Å². The number of carbonyl (C=O) groups is 1. The standard InChI is InChI=1S/C14H18N4O2/c1-14(2,10-19)17-13(20)16-11-8-15-18(9-11)12-6-4-3-5-7-12/h3-9,19H,10H2,1-2H3,(H2,16,17,20). The minimum absolute atomic E-state index is 0.135. The van der Waals surface area contributed by atoms with E-state index in [1.165, 1.54) is 0 Å². The molecule has 6 heteroatoms. The Morgan fingerprint density at radius 2 is 2.05 bits per heavy atom. The number of para-hydroxylation sites is 1. The third-order valence-corrected chi connectivity index (χ3v) is 2.71. The van der Waals surface area contributed by atoms with Crippen molar-refractivity contribution in [2.75, 3.05) is 11.9 Å². The summed E-state index contributed by atoms with van der Waals surface area (Å²) in [5.41, 5.74) is 0.830. The van der Waals surface area contributed by atoms with Crippen LogP contribution in [0.2, 0.25) is 0 Å². The molecule has 1 aromatic heterocycles. The van der Waals surface area contributed by atoms with Crippen LogP contribution in [0.5, 0.6) is 0 Å². The molecule has 1 aromatic carbocycles. The van der Waals surface area contributed by atoms with E-state index < -0.39 is 5.54 Å². The number of aromatic nitrogens is 2. The third-order valence-electron chi connectivity index (χ3n) is 2.71. The highest BCUT2D eigenvalue weighted by atomic mass is 16.3. The number of nitrogens with zero attached hydrogens (tertiary/aromatic N) is 2. The van der Waals surface area contributed by atoms with Crippen molar-refractivity contribution in [3.63, 3.8) is 0 Å². The van der Waals surface area contributed by atoms with Crippen LogP contribution in [0, 0.1) is 0 Å². The largest absolute Gasteiger partial charge is 0.394 e. The smallest absolute Gasteiger partial charge is 0.319 e. The van der Waals surface area contributed by atoms with E-state index in [1.54, 1.807) is 30.9 Å². The van der Waals surface area contributed by atoms with Crippen LogP contribution in [0.25, 0.3) is 5.69 Å². The first-order chi connectivity index (χ1) is 9.50. The average molecular weight is 274 g/mol.